The molecule has 9 heteroatoms. The van der Waals surface area contributed by atoms with Gasteiger partial charge in [-0.1, -0.05) is 48.0 Å². The molecule has 1 fully saturated rings. The number of non-ortho nitro benzene ring substituents is 1. The second-order valence-electron chi connectivity index (χ2n) is 7.77. The van der Waals surface area contributed by atoms with Crippen LogP contribution in [0.4, 0.5) is 10.5 Å². The van der Waals surface area contributed by atoms with E-state index in [0.29, 0.717) is 11.3 Å². The van der Waals surface area contributed by atoms with Gasteiger partial charge in [-0.15, -0.1) is 0 Å². The maximum absolute atomic E-state index is 12.8. The molecule has 1 aliphatic rings. The quantitative estimate of drug-likeness (QED) is 0.139. The number of ether oxygens (including phenoxy) is 1. The number of imide groups is 1. The van der Waals surface area contributed by atoms with Gasteiger partial charge < -0.3 is 10.1 Å². The molecule has 0 aliphatic carbocycles. The third-order valence-corrected chi connectivity index (χ3v) is 6.01. The maximum Gasteiger partial charge on any atom is 0.329 e. The van der Waals surface area contributed by atoms with E-state index in [4.69, 9.17) is 4.74 Å². The highest BCUT2D eigenvalue weighted by atomic mass is 127. The fourth-order valence-electron chi connectivity index (χ4n) is 3.52. The van der Waals surface area contributed by atoms with Crippen molar-refractivity contribution in [3.63, 3.8) is 0 Å². The third kappa shape index (κ3) is 5.42. The molecule has 0 spiro atoms. The van der Waals surface area contributed by atoms with Gasteiger partial charge in [-0.2, -0.15) is 0 Å². The average molecular weight is 569 g/mol. The Hall–Kier alpha value is -3.73. The molecule has 0 bridgehead atoms. The van der Waals surface area contributed by atoms with E-state index in [1.165, 1.54) is 17.0 Å². The number of hydrogen-bond donors (Lipinski definition) is 1. The largest absolute Gasteiger partial charge is 0.488 e. The van der Waals surface area contributed by atoms with E-state index in [-0.39, 0.29) is 30.4 Å². The first-order chi connectivity index (χ1) is 16.3. The van der Waals surface area contributed by atoms with Crippen molar-refractivity contribution in [3.05, 3.63) is 108 Å². The van der Waals surface area contributed by atoms with E-state index in [9.17, 15) is 19.7 Å². The zero-order chi connectivity index (χ0) is 24.2. The van der Waals surface area contributed by atoms with Gasteiger partial charge in [0.15, 0.2) is 0 Å². The van der Waals surface area contributed by atoms with Gasteiger partial charge in [0, 0.05) is 12.1 Å². The van der Waals surface area contributed by atoms with Crippen molar-refractivity contribution >= 4 is 46.3 Å². The zero-order valence-electron chi connectivity index (χ0n) is 18.2. The number of hydrogen-bond acceptors (Lipinski definition) is 5. The van der Waals surface area contributed by atoms with Gasteiger partial charge in [0.05, 0.1) is 15.0 Å². The fourth-order valence-corrected chi connectivity index (χ4v) is 4.21. The monoisotopic (exact) mass is 569 g/mol. The molecule has 0 atom stereocenters. The molecular weight excluding hydrogens is 549 g/mol. The highest BCUT2D eigenvalue weighted by Crippen LogP contribution is 2.26. The van der Waals surface area contributed by atoms with Crippen LogP contribution in [0.25, 0.3) is 6.08 Å². The number of nitro benzene ring substituents is 1. The summed E-state index contributed by atoms with van der Waals surface area (Å²) < 4.78 is 6.62. The van der Waals surface area contributed by atoms with Gasteiger partial charge in [-0.3, -0.25) is 19.8 Å². The predicted molar refractivity (Wildman–Crippen MR) is 135 cm³/mol. The van der Waals surface area contributed by atoms with Crippen LogP contribution >= 0.6 is 22.6 Å². The molecule has 1 heterocycles. The van der Waals surface area contributed by atoms with E-state index in [1.807, 2.05) is 37.3 Å². The molecule has 34 heavy (non-hydrogen) atoms. The highest BCUT2D eigenvalue weighted by Gasteiger charge is 2.33. The Morgan fingerprint density at radius 1 is 1.06 bits per heavy atom. The number of nitrogens with zero attached hydrogens (tertiary/aromatic N) is 2. The Bertz CT molecular complexity index is 1320. The molecule has 1 aliphatic heterocycles. The van der Waals surface area contributed by atoms with Crippen molar-refractivity contribution in [1.29, 1.82) is 0 Å². The average Bonchev–Trinajstić information content (AvgIpc) is 3.06. The Morgan fingerprint density at radius 3 is 2.56 bits per heavy atom. The van der Waals surface area contributed by atoms with Gasteiger partial charge in [-0.25, -0.2) is 4.79 Å². The number of rotatable bonds is 7. The molecule has 3 amide bonds. The van der Waals surface area contributed by atoms with Gasteiger partial charge in [0.1, 0.15) is 18.1 Å². The Morgan fingerprint density at radius 2 is 1.82 bits per heavy atom. The molecule has 0 radical (unpaired) electrons. The SMILES string of the molecule is Cc1cccc(CN2C(=O)N/C(=C/c3ccc(OCc4cccc([N+](=O)[O-])c4)c(I)c3)C2=O)c1. The molecule has 0 saturated carbocycles. The number of aryl methyl sites for hydroxylation is 1. The maximum atomic E-state index is 12.8. The second kappa shape index (κ2) is 10.0. The van der Waals surface area contributed by atoms with Crippen LogP contribution in [0.3, 0.4) is 0 Å². The van der Waals surface area contributed by atoms with Crippen molar-refractivity contribution in [3.8, 4) is 5.75 Å². The summed E-state index contributed by atoms with van der Waals surface area (Å²) in [5.41, 5.74) is 3.57. The van der Waals surface area contributed by atoms with Crippen LogP contribution in [-0.4, -0.2) is 21.8 Å². The topological polar surface area (TPSA) is 102 Å². The summed E-state index contributed by atoms with van der Waals surface area (Å²) in [6.45, 7) is 2.34. The molecule has 8 nitrogen and oxygen atoms in total. The third-order valence-electron chi connectivity index (χ3n) is 5.17. The minimum absolute atomic E-state index is 0.0116. The van der Waals surface area contributed by atoms with Gasteiger partial charge >= 0.3 is 6.03 Å². The number of halogens is 1. The molecule has 0 aromatic heterocycles. The fraction of sp³-hybridized carbons (Fsp3) is 0.120. The Balaban J connectivity index is 1.44. The van der Waals surface area contributed by atoms with Crippen LogP contribution in [0.2, 0.25) is 0 Å². The zero-order valence-corrected chi connectivity index (χ0v) is 20.3. The summed E-state index contributed by atoms with van der Waals surface area (Å²) in [6.07, 6.45) is 1.63. The molecule has 3 aromatic rings. The number of carbonyl (C=O) groups is 2. The van der Waals surface area contributed by atoms with Crippen LogP contribution in [0.5, 0.6) is 5.75 Å². The first-order valence-electron chi connectivity index (χ1n) is 10.4. The first-order valence-corrected chi connectivity index (χ1v) is 11.4. The molecule has 172 valence electrons. The lowest BCUT2D eigenvalue weighted by molar-refractivity contribution is -0.384. The standard InChI is InChI=1S/C25H20IN3O5/c1-16-4-2-5-18(10-16)14-28-24(30)22(27-25(28)31)13-17-8-9-23(21(26)12-17)34-15-19-6-3-7-20(11-19)29(32)33/h2-13H,14-15H2,1H3,(H,27,31)/b22-13+. The summed E-state index contributed by atoms with van der Waals surface area (Å²) >= 11 is 2.12. The summed E-state index contributed by atoms with van der Waals surface area (Å²) in [5, 5.41) is 13.6. The van der Waals surface area contributed by atoms with E-state index in [2.05, 4.69) is 27.9 Å². The lowest BCUT2D eigenvalue weighted by atomic mass is 10.1. The molecule has 1 saturated heterocycles. The van der Waals surface area contributed by atoms with Crippen LogP contribution in [-0.2, 0) is 17.9 Å². The van der Waals surface area contributed by atoms with Gasteiger partial charge in [0.25, 0.3) is 11.6 Å². The molecular formula is C25H20IN3O5. The van der Waals surface area contributed by atoms with Crippen molar-refractivity contribution in [2.45, 2.75) is 20.1 Å². The minimum atomic E-state index is -0.454. The van der Waals surface area contributed by atoms with Crippen LogP contribution < -0.4 is 10.1 Å². The van der Waals surface area contributed by atoms with E-state index >= 15 is 0 Å². The summed E-state index contributed by atoms with van der Waals surface area (Å²) in [6, 6.07) is 18.9. The Labute approximate surface area is 209 Å². The molecule has 4 rings (SSSR count). The lowest BCUT2D eigenvalue weighted by Crippen LogP contribution is -2.30. The predicted octanol–water partition coefficient (Wildman–Crippen LogP) is 5.18. The smallest absolute Gasteiger partial charge is 0.329 e. The number of carbonyl (C=O) groups excluding carboxylic acids is 2. The van der Waals surface area contributed by atoms with E-state index in [0.717, 1.165) is 20.3 Å². The van der Waals surface area contributed by atoms with Crippen LogP contribution in [0.1, 0.15) is 22.3 Å². The van der Waals surface area contributed by atoms with Crippen molar-refractivity contribution in [2.75, 3.05) is 0 Å². The summed E-state index contributed by atoms with van der Waals surface area (Å²) in [5.74, 6) is 0.227. The number of nitro groups is 1. The molecule has 0 unspecified atom stereocenters. The summed E-state index contributed by atoms with van der Waals surface area (Å²) in [7, 11) is 0. The van der Waals surface area contributed by atoms with Crippen molar-refractivity contribution < 1.29 is 19.2 Å². The van der Waals surface area contributed by atoms with Gasteiger partial charge in [0.2, 0.25) is 0 Å². The first kappa shape index (κ1) is 23.4. The highest BCUT2D eigenvalue weighted by molar-refractivity contribution is 14.1. The number of urea groups is 1. The van der Waals surface area contributed by atoms with Crippen LogP contribution in [0.15, 0.2) is 72.4 Å². The van der Waals surface area contributed by atoms with Crippen molar-refractivity contribution in [2.24, 2.45) is 0 Å². The summed E-state index contributed by atoms with van der Waals surface area (Å²) in [4.78, 5) is 36.8. The number of amides is 3. The Kier molecular flexibility index (Phi) is 6.92. The minimum Gasteiger partial charge on any atom is -0.488 e. The molecule has 3 aromatic carbocycles. The number of nitrogens with one attached hydrogen (secondary N) is 1. The number of benzene rings is 3. The van der Waals surface area contributed by atoms with E-state index < -0.39 is 11.0 Å². The lowest BCUT2D eigenvalue weighted by Gasteiger charge is -2.12. The normalized spacial score (nSPS) is 14.4. The van der Waals surface area contributed by atoms with Crippen molar-refractivity contribution in [1.82, 2.24) is 10.2 Å². The second-order valence-corrected chi connectivity index (χ2v) is 8.94. The van der Waals surface area contributed by atoms with Gasteiger partial charge in [-0.05, 0) is 64.4 Å². The van der Waals surface area contributed by atoms with Crippen LogP contribution in [0, 0.1) is 20.6 Å². The van der Waals surface area contributed by atoms with E-state index in [1.54, 1.807) is 30.3 Å². The molecule has 1 N–H and O–H groups in total.